The van der Waals surface area contributed by atoms with Crippen LogP contribution < -0.4 is 0 Å². The van der Waals surface area contributed by atoms with Gasteiger partial charge in [0, 0.05) is 6.42 Å². The van der Waals surface area contributed by atoms with E-state index in [1.807, 2.05) is 0 Å². The Hall–Kier alpha value is -0.620. The van der Waals surface area contributed by atoms with E-state index in [0.29, 0.717) is 5.69 Å². The minimum absolute atomic E-state index is 0.131. The van der Waals surface area contributed by atoms with E-state index < -0.39 is 12.5 Å². The molecule has 6 heteroatoms. The van der Waals surface area contributed by atoms with Gasteiger partial charge in [-0.15, -0.1) is 0 Å². The highest BCUT2D eigenvalue weighted by molar-refractivity contribution is 6.99. The second-order valence-electron chi connectivity index (χ2n) is 2.00. The molecule has 0 aliphatic carbocycles. The van der Waals surface area contributed by atoms with Crippen molar-refractivity contribution in [3.05, 3.63) is 11.9 Å². The summed E-state index contributed by atoms with van der Waals surface area (Å²) in [5, 5.41) is 8.69. The molecule has 1 N–H and O–H groups in total. The number of hydrogen-bond donors (Lipinski definition) is 1. The Labute approximate surface area is 66.0 Å². The lowest BCUT2D eigenvalue weighted by Gasteiger charge is -2.05. The van der Waals surface area contributed by atoms with Crippen LogP contribution in [0.4, 0.5) is 8.78 Å². The Morgan fingerprint density at radius 1 is 1.64 bits per heavy atom. The summed E-state index contributed by atoms with van der Waals surface area (Å²) in [6.45, 7) is 0. The van der Waals surface area contributed by atoms with Gasteiger partial charge in [-0.1, -0.05) is 0 Å². The first-order valence-electron chi connectivity index (χ1n) is 2.93. The molecule has 1 atom stereocenters. The molecule has 0 spiro atoms. The molecule has 1 rings (SSSR count). The van der Waals surface area contributed by atoms with Crippen LogP contribution in [0.3, 0.4) is 0 Å². The minimum Gasteiger partial charge on any atom is -0.387 e. The molecule has 0 aromatic carbocycles. The zero-order chi connectivity index (χ0) is 8.27. The molecule has 0 amide bonds. The number of aliphatic hydroxyl groups is 1. The number of aliphatic hydroxyl groups excluding tert-OH is 1. The topological polar surface area (TPSA) is 46.0 Å². The standard InChI is InChI=1S/C5H6F2N2OS/c6-5(7)4(10)1-3-2-8-11-9-3/h2,4-5,10H,1H2. The molecule has 0 aliphatic heterocycles. The number of rotatable bonds is 3. The van der Waals surface area contributed by atoms with E-state index in [-0.39, 0.29) is 6.42 Å². The summed E-state index contributed by atoms with van der Waals surface area (Å²) in [4.78, 5) is 0. The molecule has 1 unspecified atom stereocenters. The van der Waals surface area contributed by atoms with Crippen molar-refractivity contribution in [2.75, 3.05) is 0 Å². The summed E-state index contributed by atoms with van der Waals surface area (Å²) in [5.74, 6) is 0. The lowest BCUT2D eigenvalue weighted by molar-refractivity contribution is -0.00407. The molecule has 11 heavy (non-hydrogen) atoms. The van der Waals surface area contributed by atoms with E-state index in [4.69, 9.17) is 5.11 Å². The smallest absolute Gasteiger partial charge is 0.264 e. The predicted octanol–water partition coefficient (Wildman–Crippen LogP) is 0.707. The Morgan fingerprint density at radius 2 is 2.36 bits per heavy atom. The largest absolute Gasteiger partial charge is 0.387 e. The summed E-state index contributed by atoms with van der Waals surface area (Å²) in [5.41, 5.74) is 0.405. The van der Waals surface area contributed by atoms with Crippen molar-refractivity contribution in [2.24, 2.45) is 0 Å². The van der Waals surface area contributed by atoms with E-state index in [9.17, 15) is 8.78 Å². The molecule has 1 aromatic heterocycles. The Kier molecular flexibility index (Phi) is 2.84. The average Bonchev–Trinajstić information content (AvgIpc) is 2.39. The van der Waals surface area contributed by atoms with E-state index in [1.165, 1.54) is 6.20 Å². The molecule has 3 nitrogen and oxygen atoms in total. The highest BCUT2D eigenvalue weighted by atomic mass is 32.1. The van der Waals surface area contributed by atoms with Crippen LogP contribution >= 0.6 is 11.7 Å². The van der Waals surface area contributed by atoms with Crippen molar-refractivity contribution < 1.29 is 13.9 Å². The van der Waals surface area contributed by atoms with Gasteiger partial charge in [-0.2, -0.15) is 8.75 Å². The predicted molar refractivity (Wildman–Crippen MR) is 35.6 cm³/mol. The summed E-state index contributed by atoms with van der Waals surface area (Å²) in [7, 11) is 0. The fraction of sp³-hybridized carbons (Fsp3) is 0.600. The van der Waals surface area contributed by atoms with Crippen LogP contribution in [0.2, 0.25) is 0 Å². The zero-order valence-electron chi connectivity index (χ0n) is 5.44. The number of halogens is 2. The summed E-state index contributed by atoms with van der Waals surface area (Å²) in [6, 6.07) is 0. The number of alkyl halides is 2. The average molecular weight is 180 g/mol. The lowest BCUT2D eigenvalue weighted by atomic mass is 10.2. The van der Waals surface area contributed by atoms with Gasteiger partial charge in [0.2, 0.25) is 0 Å². The third-order valence-corrected chi connectivity index (χ3v) is 1.63. The van der Waals surface area contributed by atoms with Gasteiger partial charge < -0.3 is 5.11 Å². The van der Waals surface area contributed by atoms with E-state index >= 15 is 0 Å². The first kappa shape index (κ1) is 8.48. The Morgan fingerprint density at radius 3 is 2.82 bits per heavy atom. The van der Waals surface area contributed by atoms with Gasteiger partial charge in [-0.25, -0.2) is 8.78 Å². The van der Waals surface area contributed by atoms with E-state index in [2.05, 4.69) is 8.75 Å². The second kappa shape index (κ2) is 3.68. The van der Waals surface area contributed by atoms with Gasteiger partial charge >= 0.3 is 0 Å². The zero-order valence-corrected chi connectivity index (χ0v) is 6.26. The van der Waals surface area contributed by atoms with Gasteiger partial charge in [0.05, 0.1) is 23.6 Å². The van der Waals surface area contributed by atoms with Gasteiger partial charge in [-0.3, -0.25) is 0 Å². The molecule has 0 radical (unpaired) electrons. The third-order valence-electron chi connectivity index (χ3n) is 1.12. The van der Waals surface area contributed by atoms with Crippen molar-refractivity contribution >= 4 is 11.7 Å². The number of aromatic nitrogens is 2. The van der Waals surface area contributed by atoms with Crippen LogP contribution in [0.15, 0.2) is 6.20 Å². The van der Waals surface area contributed by atoms with Gasteiger partial charge in [-0.05, 0) is 0 Å². The highest BCUT2D eigenvalue weighted by Gasteiger charge is 2.17. The van der Waals surface area contributed by atoms with Crippen LogP contribution in [-0.2, 0) is 6.42 Å². The molecule has 62 valence electrons. The van der Waals surface area contributed by atoms with Crippen molar-refractivity contribution in [3.8, 4) is 0 Å². The van der Waals surface area contributed by atoms with Crippen LogP contribution in [0.1, 0.15) is 5.69 Å². The maximum Gasteiger partial charge on any atom is 0.264 e. The quantitative estimate of drug-likeness (QED) is 0.745. The summed E-state index contributed by atoms with van der Waals surface area (Å²) >= 11 is 0.937. The first-order valence-corrected chi connectivity index (χ1v) is 3.66. The van der Waals surface area contributed by atoms with Crippen molar-refractivity contribution in [1.82, 2.24) is 8.75 Å². The van der Waals surface area contributed by atoms with E-state index in [1.54, 1.807) is 0 Å². The molecule has 1 aromatic rings. The Bertz CT molecular complexity index is 204. The number of nitrogens with zero attached hydrogens (tertiary/aromatic N) is 2. The number of hydrogen-bond acceptors (Lipinski definition) is 4. The first-order chi connectivity index (χ1) is 5.20. The van der Waals surface area contributed by atoms with Gasteiger partial charge in [0.25, 0.3) is 6.43 Å². The molecule has 0 bridgehead atoms. The third kappa shape index (κ3) is 2.47. The fourth-order valence-corrected chi connectivity index (χ4v) is 1.02. The second-order valence-corrected chi connectivity index (χ2v) is 2.56. The summed E-state index contributed by atoms with van der Waals surface area (Å²) in [6.07, 6.45) is -3.10. The molecule has 0 aliphatic rings. The normalized spacial score (nSPS) is 13.8. The molecular formula is C5H6F2N2OS. The van der Waals surface area contributed by atoms with Crippen LogP contribution in [0.25, 0.3) is 0 Å². The Balaban J connectivity index is 2.43. The maximum absolute atomic E-state index is 11.7. The molecule has 0 saturated carbocycles. The van der Waals surface area contributed by atoms with Crippen molar-refractivity contribution in [3.63, 3.8) is 0 Å². The fourth-order valence-electron chi connectivity index (χ4n) is 0.577. The van der Waals surface area contributed by atoms with Crippen LogP contribution in [0.5, 0.6) is 0 Å². The minimum atomic E-state index is -2.71. The highest BCUT2D eigenvalue weighted by Crippen LogP contribution is 2.07. The lowest BCUT2D eigenvalue weighted by Crippen LogP contribution is -2.20. The summed E-state index contributed by atoms with van der Waals surface area (Å²) < 4.78 is 30.7. The van der Waals surface area contributed by atoms with Crippen molar-refractivity contribution in [1.29, 1.82) is 0 Å². The monoisotopic (exact) mass is 180 g/mol. The SMILES string of the molecule is OC(Cc1cnsn1)C(F)F. The molecule has 0 saturated heterocycles. The van der Waals surface area contributed by atoms with Crippen molar-refractivity contribution in [2.45, 2.75) is 19.0 Å². The van der Waals surface area contributed by atoms with Crippen LogP contribution in [0, 0.1) is 0 Å². The maximum atomic E-state index is 11.7. The molecular weight excluding hydrogens is 174 g/mol. The molecule has 0 fully saturated rings. The van der Waals surface area contributed by atoms with Gasteiger partial charge in [0.1, 0.15) is 6.10 Å². The van der Waals surface area contributed by atoms with E-state index in [0.717, 1.165) is 11.7 Å². The van der Waals surface area contributed by atoms with Crippen LogP contribution in [-0.4, -0.2) is 26.4 Å². The molecule has 1 heterocycles. The van der Waals surface area contributed by atoms with Gasteiger partial charge in [0.15, 0.2) is 0 Å².